The number of thioether (sulfide) groups is 1. The molecule has 0 aromatic rings. The summed E-state index contributed by atoms with van der Waals surface area (Å²) in [6, 6.07) is 0.616. The maximum absolute atomic E-state index is 11.6. The van der Waals surface area contributed by atoms with Crippen molar-refractivity contribution in [3.8, 4) is 0 Å². The van der Waals surface area contributed by atoms with Gasteiger partial charge < -0.3 is 10.1 Å². The van der Waals surface area contributed by atoms with Gasteiger partial charge in [0.05, 0.1) is 12.5 Å². The normalized spacial score (nSPS) is 23.9. The van der Waals surface area contributed by atoms with E-state index in [4.69, 9.17) is 4.74 Å². The van der Waals surface area contributed by atoms with Crippen molar-refractivity contribution in [1.82, 2.24) is 5.32 Å². The number of rotatable bonds is 8. The van der Waals surface area contributed by atoms with Crippen molar-refractivity contribution in [2.45, 2.75) is 51.5 Å². The minimum Gasteiger partial charge on any atom is -0.466 e. The molecule has 1 N–H and O–H groups in total. The second-order valence-corrected chi connectivity index (χ2v) is 5.94. The van der Waals surface area contributed by atoms with Crippen LogP contribution in [0.2, 0.25) is 0 Å². The van der Waals surface area contributed by atoms with Gasteiger partial charge in [-0.2, -0.15) is 11.8 Å². The molecule has 0 atom stereocenters. The van der Waals surface area contributed by atoms with E-state index >= 15 is 0 Å². The highest BCUT2D eigenvalue weighted by Gasteiger charge is 2.26. The number of unbranched alkanes of at least 4 members (excludes halogenated alkanes) is 1. The number of nitrogens with one attached hydrogen (secondary N) is 1. The first kappa shape index (κ1) is 15.8. The van der Waals surface area contributed by atoms with E-state index in [1.54, 1.807) is 0 Å². The van der Waals surface area contributed by atoms with Crippen LogP contribution >= 0.6 is 11.8 Å². The maximum Gasteiger partial charge on any atom is 0.308 e. The van der Waals surface area contributed by atoms with Gasteiger partial charge in [0.2, 0.25) is 0 Å². The van der Waals surface area contributed by atoms with E-state index in [2.05, 4.69) is 11.6 Å². The Morgan fingerprint density at radius 2 is 2.00 bits per heavy atom. The second kappa shape index (κ2) is 9.68. The predicted octanol–water partition coefficient (Wildman–Crippen LogP) is 2.84. The summed E-state index contributed by atoms with van der Waals surface area (Å²) in [6.45, 7) is 3.50. The van der Waals surface area contributed by atoms with Crippen molar-refractivity contribution in [3.63, 3.8) is 0 Å². The third-order valence-electron chi connectivity index (χ3n) is 3.56. The van der Waals surface area contributed by atoms with E-state index in [9.17, 15) is 4.79 Å². The van der Waals surface area contributed by atoms with Gasteiger partial charge in [-0.05, 0) is 64.0 Å². The number of hydrogen-bond acceptors (Lipinski definition) is 4. The lowest BCUT2D eigenvalue weighted by Gasteiger charge is -2.27. The zero-order valence-corrected chi connectivity index (χ0v) is 12.6. The molecule has 1 rings (SSSR count). The largest absolute Gasteiger partial charge is 0.466 e. The van der Waals surface area contributed by atoms with Gasteiger partial charge in [0, 0.05) is 6.04 Å². The van der Waals surface area contributed by atoms with Crippen LogP contribution < -0.4 is 5.32 Å². The molecule has 1 saturated carbocycles. The average molecular weight is 273 g/mol. The fourth-order valence-electron chi connectivity index (χ4n) is 2.47. The third-order valence-corrected chi connectivity index (χ3v) is 4.25. The van der Waals surface area contributed by atoms with Gasteiger partial charge in [0.25, 0.3) is 0 Å². The van der Waals surface area contributed by atoms with Gasteiger partial charge in [-0.3, -0.25) is 4.79 Å². The number of ether oxygens (including phenoxy) is 1. The molecule has 0 aromatic heterocycles. The van der Waals surface area contributed by atoms with Gasteiger partial charge in [0.15, 0.2) is 0 Å². The van der Waals surface area contributed by atoms with Crippen LogP contribution in [-0.4, -0.2) is 37.2 Å². The summed E-state index contributed by atoms with van der Waals surface area (Å²) < 4.78 is 5.08. The Bertz CT molecular complexity index is 228. The van der Waals surface area contributed by atoms with Gasteiger partial charge in [-0.15, -0.1) is 0 Å². The topological polar surface area (TPSA) is 38.3 Å². The Hall–Kier alpha value is -0.220. The Morgan fingerprint density at radius 1 is 1.28 bits per heavy atom. The minimum absolute atomic E-state index is 0.0101. The Balaban J connectivity index is 2.06. The van der Waals surface area contributed by atoms with Crippen LogP contribution in [0.15, 0.2) is 0 Å². The summed E-state index contributed by atoms with van der Waals surface area (Å²) in [5, 5.41) is 3.61. The molecule has 18 heavy (non-hydrogen) atoms. The van der Waals surface area contributed by atoms with E-state index in [1.807, 2.05) is 18.7 Å². The third kappa shape index (κ3) is 6.10. The summed E-state index contributed by atoms with van der Waals surface area (Å²) >= 11 is 1.92. The molecular weight excluding hydrogens is 246 g/mol. The molecule has 1 aliphatic rings. The van der Waals surface area contributed by atoms with Gasteiger partial charge in [-0.1, -0.05) is 0 Å². The molecule has 0 heterocycles. The summed E-state index contributed by atoms with van der Waals surface area (Å²) in [6.07, 6.45) is 8.93. The zero-order chi connectivity index (χ0) is 13.2. The monoisotopic (exact) mass is 273 g/mol. The average Bonchev–Trinajstić information content (AvgIpc) is 2.39. The maximum atomic E-state index is 11.6. The van der Waals surface area contributed by atoms with Crippen LogP contribution in [-0.2, 0) is 9.53 Å². The van der Waals surface area contributed by atoms with Crippen LogP contribution in [0.3, 0.4) is 0 Å². The second-order valence-electron chi connectivity index (χ2n) is 4.95. The minimum atomic E-state index is 0.0101. The first-order valence-electron chi connectivity index (χ1n) is 7.16. The molecule has 0 amide bonds. The molecule has 0 bridgehead atoms. The van der Waals surface area contributed by atoms with Crippen molar-refractivity contribution >= 4 is 17.7 Å². The predicted molar refractivity (Wildman–Crippen MR) is 78.0 cm³/mol. The molecular formula is C14H27NO2S. The lowest BCUT2D eigenvalue weighted by atomic mass is 9.86. The molecule has 0 unspecified atom stereocenters. The summed E-state index contributed by atoms with van der Waals surface area (Å²) in [5.74, 6) is 1.42. The lowest BCUT2D eigenvalue weighted by molar-refractivity contribution is -0.149. The van der Waals surface area contributed by atoms with E-state index in [1.165, 1.54) is 18.6 Å². The smallest absolute Gasteiger partial charge is 0.308 e. The quantitative estimate of drug-likeness (QED) is 0.545. The zero-order valence-electron chi connectivity index (χ0n) is 11.7. The molecule has 4 heteroatoms. The number of esters is 1. The Kier molecular flexibility index (Phi) is 8.51. The number of hydrogen-bond donors (Lipinski definition) is 1. The molecule has 0 radical (unpaired) electrons. The van der Waals surface area contributed by atoms with E-state index < -0.39 is 0 Å². The van der Waals surface area contributed by atoms with E-state index in [-0.39, 0.29) is 11.9 Å². The molecule has 0 spiro atoms. The SMILES string of the molecule is CCOC(=O)C1CCC(NCCCCSC)CC1. The van der Waals surface area contributed by atoms with E-state index in [0.29, 0.717) is 12.6 Å². The summed E-state index contributed by atoms with van der Waals surface area (Å²) in [5.41, 5.74) is 0. The number of carbonyl (C=O) groups is 1. The van der Waals surface area contributed by atoms with Crippen molar-refractivity contribution < 1.29 is 9.53 Å². The summed E-state index contributed by atoms with van der Waals surface area (Å²) in [4.78, 5) is 11.6. The molecule has 1 fully saturated rings. The van der Waals surface area contributed by atoms with Crippen LogP contribution in [0.25, 0.3) is 0 Å². The van der Waals surface area contributed by atoms with Gasteiger partial charge in [0.1, 0.15) is 0 Å². The fourth-order valence-corrected chi connectivity index (χ4v) is 2.96. The van der Waals surface area contributed by atoms with Crippen LogP contribution in [0, 0.1) is 5.92 Å². The first-order chi connectivity index (χ1) is 8.77. The molecule has 1 aliphatic carbocycles. The first-order valence-corrected chi connectivity index (χ1v) is 8.56. The highest BCUT2D eigenvalue weighted by Crippen LogP contribution is 2.25. The van der Waals surface area contributed by atoms with Crippen molar-refractivity contribution in [1.29, 1.82) is 0 Å². The van der Waals surface area contributed by atoms with Crippen molar-refractivity contribution in [2.24, 2.45) is 5.92 Å². The molecule has 0 aromatic carbocycles. The Labute approximate surface area is 115 Å². The van der Waals surface area contributed by atoms with Crippen molar-refractivity contribution in [3.05, 3.63) is 0 Å². The highest BCUT2D eigenvalue weighted by atomic mass is 32.2. The van der Waals surface area contributed by atoms with Crippen LogP contribution in [0.5, 0.6) is 0 Å². The number of carbonyl (C=O) groups excluding carboxylic acids is 1. The molecule has 106 valence electrons. The van der Waals surface area contributed by atoms with E-state index in [0.717, 1.165) is 32.2 Å². The van der Waals surface area contributed by atoms with Gasteiger partial charge >= 0.3 is 5.97 Å². The standard InChI is InChI=1S/C14H27NO2S/c1-3-17-14(16)12-6-8-13(9-7-12)15-10-4-5-11-18-2/h12-13,15H,3-11H2,1-2H3. The lowest BCUT2D eigenvalue weighted by Crippen LogP contribution is -2.35. The Morgan fingerprint density at radius 3 is 2.61 bits per heavy atom. The molecule has 0 saturated heterocycles. The van der Waals surface area contributed by atoms with Crippen LogP contribution in [0.1, 0.15) is 45.4 Å². The summed E-state index contributed by atoms with van der Waals surface area (Å²) in [7, 11) is 0. The van der Waals surface area contributed by atoms with Crippen LogP contribution in [0.4, 0.5) is 0 Å². The molecule has 3 nitrogen and oxygen atoms in total. The highest BCUT2D eigenvalue weighted by molar-refractivity contribution is 7.98. The van der Waals surface area contributed by atoms with Crippen molar-refractivity contribution in [2.75, 3.05) is 25.2 Å². The fraction of sp³-hybridized carbons (Fsp3) is 0.929. The van der Waals surface area contributed by atoms with Gasteiger partial charge in [-0.25, -0.2) is 0 Å². The molecule has 0 aliphatic heterocycles.